The lowest BCUT2D eigenvalue weighted by molar-refractivity contribution is 0.0204. The van der Waals surface area contributed by atoms with Crippen molar-refractivity contribution in [1.82, 2.24) is 9.88 Å². The van der Waals surface area contributed by atoms with Gasteiger partial charge < -0.3 is 28.7 Å². The van der Waals surface area contributed by atoms with Crippen molar-refractivity contribution in [3.05, 3.63) is 41.1 Å². The zero-order valence-corrected chi connectivity index (χ0v) is 26.0. The Hall–Kier alpha value is -3.53. The maximum absolute atomic E-state index is 13.9. The molecule has 2 fully saturated rings. The van der Waals surface area contributed by atoms with E-state index >= 15 is 0 Å². The fraction of sp³-hybridized carbons (Fsp3) is 0.594. The van der Waals surface area contributed by atoms with Gasteiger partial charge in [0, 0.05) is 32.4 Å². The van der Waals surface area contributed by atoms with Crippen LogP contribution in [-0.2, 0) is 20.8 Å². The van der Waals surface area contributed by atoms with E-state index in [0.29, 0.717) is 43.6 Å². The molecule has 0 aliphatic carbocycles. The Kier molecular flexibility index (Phi) is 8.29. The number of aromatic nitrogens is 1. The molecule has 1 aromatic heterocycles. The third kappa shape index (κ3) is 6.59. The van der Waals surface area contributed by atoms with Crippen molar-refractivity contribution in [2.75, 3.05) is 49.2 Å². The lowest BCUT2D eigenvalue weighted by Gasteiger charge is -2.34. The number of aryl methyl sites for hydroxylation is 1. The van der Waals surface area contributed by atoms with Crippen LogP contribution in [0.15, 0.2) is 24.4 Å². The number of fused-ring (bicyclic) bond motifs is 2. The van der Waals surface area contributed by atoms with Gasteiger partial charge in [0.15, 0.2) is 5.82 Å². The van der Waals surface area contributed by atoms with Crippen LogP contribution in [0.25, 0.3) is 0 Å². The highest BCUT2D eigenvalue weighted by molar-refractivity contribution is 5.99. The van der Waals surface area contributed by atoms with Crippen molar-refractivity contribution in [2.24, 2.45) is 0 Å². The summed E-state index contributed by atoms with van der Waals surface area (Å²) in [6.07, 6.45) is 2.63. The van der Waals surface area contributed by atoms with E-state index < -0.39 is 17.3 Å². The molecule has 0 atom stereocenters. The lowest BCUT2D eigenvalue weighted by atomic mass is 9.89. The summed E-state index contributed by atoms with van der Waals surface area (Å²) in [5.74, 6) is 1.33. The molecule has 0 radical (unpaired) electrons. The molecule has 0 N–H and O–H groups in total. The summed E-state index contributed by atoms with van der Waals surface area (Å²) < 4.78 is 23.5. The van der Waals surface area contributed by atoms with Crippen molar-refractivity contribution in [1.29, 1.82) is 0 Å². The zero-order chi connectivity index (χ0) is 30.2. The van der Waals surface area contributed by atoms with E-state index in [4.69, 9.17) is 23.9 Å². The minimum Gasteiger partial charge on any atom is -0.486 e. The van der Waals surface area contributed by atoms with Crippen molar-refractivity contribution in [3.63, 3.8) is 0 Å². The summed E-state index contributed by atoms with van der Waals surface area (Å²) in [7, 11) is 0. The number of benzene rings is 1. The summed E-state index contributed by atoms with van der Waals surface area (Å²) in [5.41, 5.74) is 3.37. The standard InChI is InChI=1S/C32H44N4O6/c1-21-19-33-28-24(27(21)34-14-16-39-17-15-34)20-40-26-9-8-23(18-25(26)36(28)30(38)42-32(5,6)7)22-10-12-35(13-11-22)29(37)41-31(2,3)4/h8-9,18-19,22H,10-17,20H2,1-7H3. The first kappa shape index (κ1) is 29.9. The Labute approximate surface area is 248 Å². The van der Waals surface area contributed by atoms with E-state index in [1.54, 1.807) is 9.80 Å². The van der Waals surface area contributed by atoms with Crippen LogP contribution in [0, 0.1) is 6.92 Å². The normalized spacial score (nSPS) is 18.0. The maximum atomic E-state index is 13.9. The molecule has 0 spiro atoms. The van der Waals surface area contributed by atoms with Gasteiger partial charge in [0.1, 0.15) is 23.6 Å². The predicted molar refractivity (Wildman–Crippen MR) is 161 cm³/mol. The summed E-state index contributed by atoms with van der Waals surface area (Å²) in [5, 5.41) is 0. The molecule has 2 saturated heterocycles. The van der Waals surface area contributed by atoms with Crippen LogP contribution in [0.3, 0.4) is 0 Å². The Morgan fingerprint density at radius 2 is 1.57 bits per heavy atom. The fourth-order valence-electron chi connectivity index (χ4n) is 5.76. The number of nitrogens with zero attached hydrogens (tertiary/aromatic N) is 4. The van der Waals surface area contributed by atoms with Gasteiger partial charge >= 0.3 is 12.2 Å². The number of morpholine rings is 1. The predicted octanol–water partition coefficient (Wildman–Crippen LogP) is 6.31. The van der Waals surface area contributed by atoms with Crippen LogP contribution >= 0.6 is 0 Å². The van der Waals surface area contributed by atoms with Gasteiger partial charge in [0.2, 0.25) is 0 Å². The highest BCUT2D eigenvalue weighted by Gasteiger charge is 2.36. The van der Waals surface area contributed by atoms with Gasteiger partial charge in [-0.1, -0.05) is 6.07 Å². The smallest absolute Gasteiger partial charge is 0.420 e. The zero-order valence-electron chi connectivity index (χ0n) is 26.0. The maximum Gasteiger partial charge on any atom is 0.420 e. The van der Waals surface area contributed by atoms with Crippen LogP contribution in [0.2, 0.25) is 0 Å². The molecule has 1 aromatic carbocycles. The number of rotatable bonds is 2. The minimum absolute atomic E-state index is 0.215. The molecule has 2 aromatic rings. The quantitative estimate of drug-likeness (QED) is 0.408. The van der Waals surface area contributed by atoms with Gasteiger partial charge in [-0.15, -0.1) is 0 Å². The Bertz CT molecular complexity index is 1320. The molecule has 10 heteroatoms. The van der Waals surface area contributed by atoms with Gasteiger partial charge in [-0.3, -0.25) is 0 Å². The second kappa shape index (κ2) is 11.6. The molecule has 2 amide bonds. The SMILES string of the molecule is Cc1cnc2c(c1N1CCOCC1)COc1ccc(C3CCN(C(=O)OC(C)(C)C)CC3)cc1N2C(=O)OC(C)(C)C. The summed E-state index contributed by atoms with van der Waals surface area (Å²) >= 11 is 0. The van der Waals surface area contributed by atoms with Crippen molar-refractivity contribution in [3.8, 4) is 5.75 Å². The molecule has 0 bridgehead atoms. The fourth-order valence-corrected chi connectivity index (χ4v) is 5.76. The van der Waals surface area contributed by atoms with Crippen molar-refractivity contribution < 1.29 is 28.5 Å². The first-order chi connectivity index (χ1) is 19.8. The number of likely N-dealkylation sites (tertiary alicyclic amines) is 1. The van der Waals surface area contributed by atoms with E-state index in [9.17, 15) is 9.59 Å². The van der Waals surface area contributed by atoms with E-state index in [1.165, 1.54) is 0 Å². The average Bonchev–Trinajstić information content (AvgIpc) is 3.08. The molecule has 4 heterocycles. The molecule has 5 rings (SSSR count). The number of pyridine rings is 1. The number of anilines is 3. The second-order valence-electron chi connectivity index (χ2n) is 13.3. The molecule has 3 aliphatic rings. The average molecular weight is 581 g/mol. The Morgan fingerprint density at radius 3 is 2.21 bits per heavy atom. The molecule has 0 saturated carbocycles. The van der Waals surface area contributed by atoms with Crippen LogP contribution in [0.1, 0.15) is 77.0 Å². The van der Waals surface area contributed by atoms with Crippen molar-refractivity contribution >= 4 is 29.4 Å². The molecular weight excluding hydrogens is 536 g/mol. The Balaban J connectivity index is 1.49. The Morgan fingerprint density at radius 1 is 0.929 bits per heavy atom. The van der Waals surface area contributed by atoms with Crippen LogP contribution < -0.4 is 14.5 Å². The number of amides is 2. The topological polar surface area (TPSA) is 93.7 Å². The van der Waals surface area contributed by atoms with Gasteiger partial charge in [-0.05, 0) is 90.5 Å². The van der Waals surface area contributed by atoms with Crippen LogP contribution in [-0.4, -0.2) is 72.7 Å². The van der Waals surface area contributed by atoms with E-state index in [2.05, 4.69) is 11.0 Å². The van der Waals surface area contributed by atoms with Crippen LogP contribution in [0.4, 0.5) is 26.8 Å². The minimum atomic E-state index is -0.700. The third-order valence-corrected chi connectivity index (χ3v) is 7.64. The van der Waals surface area contributed by atoms with Crippen LogP contribution in [0.5, 0.6) is 5.75 Å². The number of piperidine rings is 1. The largest absolute Gasteiger partial charge is 0.486 e. The number of hydrogen-bond acceptors (Lipinski definition) is 8. The molecule has 228 valence electrons. The molecule has 3 aliphatic heterocycles. The van der Waals surface area contributed by atoms with Gasteiger partial charge in [0.05, 0.1) is 30.2 Å². The van der Waals surface area contributed by atoms with Crippen molar-refractivity contribution in [2.45, 2.75) is 85.0 Å². The first-order valence-corrected chi connectivity index (χ1v) is 14.9. The number of hydrogen-bond donors (Lipinski definition) is 0. The first-order valence-electron chi connectivity index (χ1n) is 14.9. The number of ether oxygens (including phenoxy) is 4. The van der Waals surface area contributed by atoms with E-state index in [0.717, 1.165) is 48.3 Å². The van der Waals surface area contributed by atoms with Gasteiger partial charge in [0.25, 0.3) is 0 Å². The number of carbonyl (C=O) groups is 2. The van der Waals surface area contributed by atoms with E-state index in [1.807, 2.05) is 66.8 Å². The van der Waals surface area contributed by atoms with Gasteiger partial charge in [-0.25, -0.2) is 19.5 Å². The summed E-state index contributed by atoms with van der Waals surface area (Å²) in [6.45, 7) is 17.5. The second-order valence-corrected chi connectivity index (χ2v) is 13.3. The molecular formula is C32H44N4O6. The summed E-state index contributed by atoms with van der Waals surface area (Å²) in [4.78, 5) is 36.9. The molecule has 0 unspecified atom stereocenters. The van der Waals surface area contributed by atoms with Gasteiger partial charge in [-0.2, -0.15) is 0 Å². The highest BCUT2D eigenvalue weighted by atomic mass is 16.6. The number of carbonyl (C=O) groups excluding carboxylic acids is 2. The highest BCUT2D eigenvalue weighted by Crippen LogP contribution is 2.45. The lowest BCUT2D eigenvalue weighted by Crippen LogP contribution is -2.41. The third-order valence-electron chi connectivity index (χ3n) is 7.64. The molecule has 10 nitrogen and oxygen atoms in total. The summed E-state index contributed by atoms with van der Waals surface area (Å²) in [6, 6.07) is 6.03. The monoisotopic (exact) mass is 580 g/mol. The van der Waals surface area contributed by atoms with E-state index in [-0.39, 0.29) is 18.6 Å². The molecule has 42 heavy (non-hydrogen) atoms.